The van der Waals surface area contributed by atoms with Crippen LogP contribution in [0.4, 0.5) is 0 Å². The molecule has 0 aromatic heterocycles. The van der Waals surface area contributed by atoms with Gasteiger partial charge in [-0.3, -0.25) is 9.69 Å². The molecule has 6 heteroatoms. The molecular weight excluding hydrogens is 306 g/mol. The summed E-state index contributed by atoms with van der Waals surface area (Å²) >= 11 is 0. The van der Waals surface area contributed by atoms with Crippen molar-refractivity contribution in [3.05, 3.63) is 29.8 Å². The number of methoxy groups -OCH3 is 1. The monoisotopic (exact) mass is 335 g/mol. The molecule has 2 rings (SSSR count). The van der Waals surface area contributed by atoms with Crippen LogP contribution in [0.15, 0.2) is 24.3 Å². The molecule has 0 aliphatic carbocycles. The summed E-state index contributed by atoms with van der Waals surface area (Å²) in [6, 6.07) is 7.74. The second kappa shape index (κ2) is 9.01. The summed E-state index contributed by atoms with van der Waals surface area (Å²) in [6.45, 7) is 6.75. The van der Waals surface area contributed by atoms with E-state index in [2.05, 4.69) is 17.1 Å². The summed E-state index contributed by atoms with van der Waals surface area (Å²) in [7, 11) is 1.65. The summed E-state index contributed by atoms with van der Waals surface area (Å²) in [5, 5.41) is 2.97. The van der Waals surface area contributed by atoms with E-state index in [1.807, 2.05) is 24.3 Å². The number of benzene rings is 1. The van der Waals surface area contributed by atoms with Crippen molar-refractivity contribution in [3.63, 3.8) is 0 Å². The zero-order valence-electron chi connectivity index (χ0n) is 14.7. The average Bonchev–Trinajstić information content (AvgIpc) is 2.96. The fourth-order valence-corrected chi connectivity index (χ4v) is 2.83. The van der Waals surface area contributed by atoms with Gasteiger partial charge >= 0.3 is 0 Å². The highest BCUT2D eigenvalue weighted by atomic mass is 16.5. The Hall–Kier alpha value is -1.63. The summed E-state index contributed by atoms with van der Waals surface area (Å²) in [5.41, 5.74) is 7.01. The highest BCUT2D eigenvalue weighted by Gasteiger charge is 2.32. The first kappa shape index (κ1) is 18.7. The van der Waals surface area contributed by atoms with Crippen molar-refractivity contribution >= 4 is 5.91 Å². The lowest BCUT2D eigenvalue weighted by molar-refractivity contribution is -0.122. The van der Waals surface area contributed by atoms with Gasteiger partial charge in [0.05, 0.1) is 13.2 Å². The van der Waals surface area contributed by atoms with Gasteiger partial charge in [0.25, 0.3) is 0 Å². The normalized spacial score (nSPS) is 21.0. The van der Waals surface area contributed by atoms with E-state index in [1.54, 1.807) is 7.11 Å². The third-order valence-corrected chi connectivity index (χ3v) is 4.47. The second-order valence-corrected chi connectivity index (χ2v) is 6.74. The van der Waals surface area contributed by atoms with Crippen molar-refractivity contribution in [3.8, 4) is 5.75 Å². The minimum atomic E-state index is 0.0525. The number of hydrogen-bond acceptors (Lipinski definition) is 5. The summed E-state index contributed by atoms with van der Waals surface area (Å²) in [6.07, 6.45) is 1.06. The third-order valence-electron chi connectivity index (χ3n) is 4.47. The highest BCUT2D eigenvalue weighted by Crippen LogP contribution is 2.27. The van der Waals surface area contributed by atoms with Crippen LogP contribution in [0.1, 0.15) is 18.9 Å². The summed E-state index contributed by atoms with van der Waals surface area (Å²) in [4.78, 5) is 14.3. The molecule has 24 heavy (non-hydrogen) atoms. The number of nitrogens with one attached hydrogen (secondary N) is 1. The Kier molecular flexibility index (Phi) is 7.02. The SMILES string of the molecule is COCCOc1ccc(CNC(=O)CN2CCC(C)(CN)C2)cc1. The van der Waals surface area contributed by atoms with Crippen LogP contribution in [0.3, 0.4) is 0 Å². The van der Waals surface area contributed by atoms with Gasteiger partial charge in [-0.2, -0.15) is 0 Å². The number of ether oxygens (including phenoxy) is 2. The molecule has 1 heterocycles. The van der Waals surface area contributed by atoms with Crippen LogP contribution in [-0.2, 0) is 16.1 Å². The van der Waals surface area contributed by atoms with E-state index in [4.69, 9.17) is 15.2 Å². The van der Waals surface area contributed by atoms with Gasteiger partial charge < -0.3 is 20.5 Å². The number of carbonyl (C=O) groups is 1. The number of likely N-dealkylation sites (tertiary alicyclic amines) is 1. The van der Waals surface area contributed by atoms with Crippen LogP contribution in [-0.4, -0.2) is 57.3 Å². The molecule has 1 aliphatic rings. The maximum Gasteiger partial charge on any atom is 0.234 e. The maximum atomic E-state index is 12.1. The molecule has 1 aromatic rings. The number of hydrogen-bond donors (Lipinski definition) is 2. The van der Waals surface area contributed by atoms with E-state index in [-0.39, 0.29) is 11.3 Å². The Bertz CT molecular complexity index is 521. The van der Waals surface area contributed by atoms with Crippen LogP contribution in [0, 0.1) is 5.41 Å². The Balaban J connectivity index is 1.70. The standard InChI is InChI=1S/C18H29N3O3/c1-18(13-19)7-8-21(14-18)12-17(22)20-11-15-3-5-16(6-4-15)24-10-9-23-2/h3-6H,7-14,19H2,1-2H3,(H,20,22). The maximum absolute atomic E-state index is 12.1. The van der Waals surface area contributed by atoms with Crippen molar-refractivity contribution < 1.29 is 14.3 Å². The van der Waals surface area contributed by atoms with Gasteiger partial charge in [-0.1, -0.05) is 19.1 Å². The number of nitrogens with two attached hydrogens (primary N) is 1. The number of nitrogens with zero attached hydrogens (tertiary/aromatic N) is 1. The molecule has 1 aromatic carbocycles. The molecule has 0 radical (unpaired) electrons. The summed E-state index contributed by atoms with van der Waals surface area (Å²) in [5.74, 6) is 0.858. The van der Waals surface area contributed by atoms with Gasteiger partial charge in [0.2, 0.25) is 5.91 Å². The second-order valence-electron chi connectivity index (χ2n) is 6.74. The Morgan fingerprint density at radius 3 is 2.71 bits per heavy atom. The van der Waals surface area contributed by atoms with Crippen LogP contribution in [0.2, 0.25) is 0 Å². The minimum absolute atomic E-state index is 0.0525. The molecule has 1 fully saturated rings. The van der Waals surface area contributed by atoms with Gasteiger partial charge in [0, 0.05) is 20.2 Å². The lowest BCUT2D eigenvalue weighted by Crippen LogP contribution is -2.38. The first-order valence-electron chi connectivity index (χ1n) is 8.44. The molecule has 1 amide bonds. The predicted molar refractivity (Wildman–Crippen MR) is 93.9 cm³/mol. The van der Waals surface area contributed by atoms with E-state index < -0.39 is 0 Å². The summed E-state index contributed by atoms with van der Waals surface area (Å²) < 4.78 is 10.5. The topological polar surface area (TPSA) is 76.8 Å². The fraction of sp³-hybridized carbons (Fsp3) is 0.611. The van der Waals surface area contributed by atoms with E-state index in [1.165, 1.54) is 0 Å². The lowest BCUT2D eigenvalue weighted by Gasteiger charge is -2.22. The van der Waals surface area contributed by atoms with E-state index in [0.29, 0.717) is 32.8 Å². The molecule has 1 saturated heterocycles. The van der Waals surface area contributed by atoms with Gasteiger partial charge in [0.15, 0.2) is 0 Å². The zero-order valence-corrected chi connectivity index (χ0v) is 14.7. The average molecular weight is 335 g/mol. The van der Waals surface area contributed by atoms with Gasteiger partial charge in [-0.05, 0) is 42.6 Å². The third kappa shape index (κ3) is 5.78. The molecule has 0 saturated carbocycles. The Morgan fingerprint density at radius 2 is 2.08 bits per heavy atom. The zero-order chi connectivity index (χ0) is 17.4. The van der Waals surface area contributed by atoms with Crippen LogP contribution < -0.4 is 15.8 Å². The van der Waals surface area contributed by atoms with Crippen molar-refractivity contribution in [1.82, 2.24) is 10.2 Å². The smallest absolute Gasteiger partial charge is 0.234 e. The number of amides is 1. The fourth-order valence-electron chi connectivity index (χ4n) is 2.83. The van der Waals surface area contributed by atoms with Crippen LogP contribution >= 0.6 is 0 Å². The van der Waals surface area contributed by atoms with E-state index in [0.717, 1.165) is 30.8 Å². The molecule has 0 bridgehead atoms. The van der Waals surface area contributed by atoms with E-state index >= 15 is 0 Å². The first-order valence-corrected chi connectivity index (χ1v) is 8.44. The number of carbonyl (C=O) groups excluding carboxylic acids is 1. The predicted octanol–water partition coefficient (Wildman–Crippen LogP) is 0.999. The molecule has 3 N–H and O–H groups in total. The number of rotatable bonds is 9. The first-order chi connectivity index (χ1) is 11.5. The molecule has 1 unspecified atom stereocenters. The molecular formula is C18H29N3O3. The Morgan fingerprint density at radius 1 is 1.33 bits per heavy atom. The Labute approximate surface area is 144 Å². The molecule has 1 aliphatic heterocycles. The largest absolute Gasteiger partial charge is 0.491 e. The van der Waals surface area contributed by atoms with Gasteiger partial charge in [-0.25, -0.2) is 0 Å². The molecule has 0 spiro atoms. The highest BCUT2D eigenvalue weighted by molar-refractivity contribution is 5.78. The van der Waals surface area contributed by atoms with Gasteiger partial charge in [0.1, 0.15) is 12.4 Å². The minimum Gasteiger partial charge on any atom is -0.491 e. The van der Waals surface area contributed by atoms with E-state index in [9.17, 15) is 4.79 Å². The molecule has 6 nitrogen and oxygen atoms in total. The quantitative estimate of drug-likeness (QED) is 0.659. The van der Waals surface area contributed by atoms with Gasteiger partial charge in [-0.15, -0.1) is 0 Å². The van der Waals surface area contributed by atoms with Crippen LogP contribution in [0.5, 0.6) is 5.75 Å². The van der Waals surface area contributed by atoms with Crippen molar-refractivity contribution in [2.75, 3.05) is 46.5 Å². The lowest BCUT2D eigenvalue weighted by atomic mass is 9.90. The van der Waals surface area contributed by atoms with Crippen molar-refractivity contribution in [2.45, 2.75) is 19.9 Å². The van der Waals surface area contributed by atoms with Crippen molar-refractivity contribution in [1.29, 1.82) is 0 Å². The van der Waals surface area contributed by atoms with Crippen LogP contribution in [0.25, 0.3) is 0 Å². The molecule has 134 valence electrons. The molecule has 1 atom stereocenters. The van der Waals surface area contributed by atoms with Crippen molar-refractivity contribution in [2.24, 2.45) is 11.1 Å².